The molecule has 0 aromatic heterocycles. The molecule has 0 aliphatic carbocycles. The van der Waals surface area contributed by atoms with Crippen LogP contribution in [0.25, 0.3) is 0 Å². The minimum absolute atomic E-state index is 0.0215. The van der Waals surface area contributed by atoms with Crippen LogP contribution in [0.15, 0.2) is 18.2 Å². The van der Waals surface area contributed by atoms with Gasteiger partial charge in [-0.3, -0.25) is 4.79 Å². The second kappa shape index (κ2) is 4.11. The predicted molar refractivity (Wildman–Crippen MR) is 58.0 cm³/mol. The third-order valence-electron chi connectivity index (χ3n) is 2.60. The molecule has 1 aromatic rings. The Morgan fingerprint density at radius 2 is 2.20 bits per heavy atom. The van der Waals surface area contributed by atoms with Crippen LogP contribution in [0, 0.1) is 0 Å². The molecule has 3 nitrogen and oxygen atoms in total. The van der Waals surface area contributed by atoms with Gasteiger partial charge in [0, 0.05) is 13.1 Å². The molecule has 4 heteroatoms. The van der Waals surface area contributed by atoms with Gasteiger partial charge in [-0.05, 0) is 23.3 Å². The van der Waals surface area contributed by atoms with E-state index in [-0.39, 0.29) is 11.8 Å². The van der Waals surface area contributed by atoms with E-state index in [4.69, 9.17) is 16.3 Å². The molecule has 0 spiro atoms. The summed E-state index contributed by atoms with van der Waals surface area (Å²) in [5, 5.41) is 0. The Kier molecular flexibility index (Phi) is 2.82. The van der Waals surface area contributed by atoms with Gasteiger partial charge in [0.05, 0.1) is 7.11 Å². The van der Waals surface area contributed by atoms with Gasteiger partial charge in [-0.25, -0.2) is 0 Å². The van der Waals surface area contributed by atoms with Crippen LogP contribution < -0.4 is 4.74 Å². The van der Waals surface area contributed by atoms with E-state index in [0.717, 1.165) is 11.3 Å². The van der Waals surface area contributed by atoms with E-state index < -0.39 is 0 Å². The van der Waals surface area contributed by atoms with E-state index in [1.165, 1.54) is 5.56 Å². The zero-order valence-electron chi connectivity index (χ0n) is 8.50. The van der Waals surface area contributed by atoms with Crippen molar-refractivity contribution >= 4 is 17.5 Å². The number of methoxy groups -OCH3 is 1. The zero-order valence-corrected chi connectivity index (χ0v) is 9.25. The molecule has 1 aromatic carbocycles. The Hall–Kier alpha value is -1.22. The molecule has 1 aliphatic heterocycles. The van der Waals surface area contributed by atoms with Crippen molar-refractivity contribution in [2.45, 2.75) is 13.1 Å². The summed E-state index contributed by atoms with van der Waals surface area (Å²) in [6, 6.07) is 5.88. The van der Waals surface area contributed by atoms with Gasteiger partial charge in [0.25, 0.3) is 0 Å². The number of carbonyl (C=O) groups excluding carboxylic acids is 1. The molecule has 1 aliphatic rings. The lowest BCUT2D eigenvalue weighted by Gasteiger charge is -2.12. The number of benzene rings is 1. The summed E-state index contributed by atoms with van der Waals surface area (Å²) in [5.74, 6) is 0.853. The van der Waals surface area contributed by atoms with Crippen molar-refractivity contribution in [2.75, 3.05) is 13.0 Å². The summed E-state index contributed by atoms with van der Waals surface area (Å²) in [6.45, 7) is 1.29. The van der Waals surface area contributed by atoms with Crippen molar-refractivity contribution in [3.63, 3.8) is 0 Å². The first-order valence-electron chi connectivity index (χ1n) is 4.74. The molecule has 0 saturated carbocycles. The van der Waals surface area contributed by atoms with Crippen LogP contribution in [-0.2, 0) is 17.9 Å². The van der Waals surface area contributed by atoms with Crippen molar-refractivity contribution < 1.29 is 9.53 Å². The Morgan fingerprint density at radius 1 is 1.47 bits per heavy atom. The number of hydrogen-bond donors (Lipinski definition) is 0. The van der Waals surface area contributed by atoms with Gasteiger partial charge in [0.2, 0.25) is 5.91 Å². The first-order valence-corrected chi connectivity index (χ1v) is 5.27. The maximum absolute atomic E-state index is 11.4. The summed E-state index contributed by atoms with van der Waals surface area (Å²) in [7, 11) is 1.64. The Morgan fingerprint density at radius 3 is 2.87 bits per heavy atom. The average molecular weight is 226 g/mol. The maximum Gasteiger partial charge on any atom is 0.238 e. The highest BCUT2D eigenvalue weighted by molar-refractivity contribution is 6.27. The highest BCUT2D eigenvalue weighted by Gasteiger charge is 2.22. The van der Waals surface area contributed by atoms with Gasteiger partial charge >= 0.3 is 0 Å². The third-order valence-corrected chi connectivity index (χ3v) is 2.83. The number of rotatable bonds is 2. The summed E-state index contributed by atoms with van der Waals surface area (Å²) >= 11 is 5.52. The molecule has 15 heavy (non-hydrogen) atoms. The Labute approximate surface area is 93.6 Å². The normalized spacial score (nSPS) is 13.9. The number of hydrogen-bond acceptors (Lipinski definition) is 2. The fraction of sp³-hybridized carbons (Fsp3) is 0.364. The largest absolute Gasteiger partial charge is 0.497 e. The van der Waals surface area contributed by atoms with Gasteiger partial charge < -0.3 is 9.64 Å². The van der Waals surface area contributed by atoms with Crippen LogP contribution in [-0.4, -0.2) is 23.8 Å². The van der Waals surface area contributed by atoms with Crippen LogP contribution in [0.2, 0.25) is 0 Å². The zero-order chi connectivity index (χ0) is 10.8. The molecular formula is C11H12ClNO2. The van der Waals surface area contributed by atoms with Crippen molar-refractivity contribution in [3.05, 3.63) is 29.3 Å². The Bertz CT molecular complexity index is 392. The fourth-order valence-corrected chi connectivity index (χ4v) is 1.93. The van der Waals surface area contributed by atoms with Crippen molar-refractivity contribution in [2.24, 2.45) is 0 Å². The van der Waals surface area contributed by atoms with Gasteiger partial charge in [0.1, 0.15) is 11.6 Å². The van der Waals surface area contributed by atoms with Crippen LogP contribution >= 0.6 is 11.6 Å². The number of amides is 1. The highest BCUT2D eigenvalue weighted by atomic mass is 35.5. The second-order valence-corrected chi connectivity index (χ2v) is 3.79. The van der Waals surface area contributed by atoms with Crippen molar-refractivity contribution in [3.8, 4) is 5.75 Å². The molecule has 2 rings (SSSR count). The number of ether oxygens (including phenoxy) is 1. The summed E-state index contributed by atoms with van der Waals surface area (Å²) < 4.78 is 5.13. The lowest BCUT2D eigenvalue weighted by Crippen LogP contribution is -2.26. The van der Waals surface area contributed by atoms with E-state index in [1.54, 1.807) is 12.0 Å². The highest BCUT2D eigenvalue weighted by Crippen LogP contribution is 2.26. The molecule has 0 bridgehead atoms. The number of fused-ring (bicyclic) bond motifs is 1. The van der Waals surface area contributed by atoms with E-state index in [1.807, 2.05) is 18.2 Å². The average Bonchev–Trinajstić information content (AvgIpc) is 2.70. The number of halogens is 1. The maximum atomic E-state index is 11.4. The first-order chi connectivity index (χ1) is 7.24. The summed E-state index contributed by atoms with van der Waals surface area (Å²) in [5.41, 5.74) is 2.32. The predicted octanol–water partition coefficient (Wildman–Crippen LogP) is 1.78. The molecule has 0 N–H and O–H groups in total. The topological polar surface area (TPSA) is 29.5 Å². The summed E-state index contributed by atoms with van der Waals surface area (Å²) in [6.07, 6.45) is 0. The monoisotopic (exact) mass is 225 g/mol. The molecule has 80 valence electrons. The molecule has 0 radical (unpaired) electrons. The number of alkyl halides is 1. The van der Waals surface area contributed by atoms with E-state index in [0.29, 0.717) is 13.1 Å². The molecule has 0 unspecified atom stereocenters. The minimum atomic E-state index is -0.0215. The van der Waals surface area contributed by atoms with Crippen molar-refractivity contribution in [1.29, 1.82) is 0 Å². The molecule has 1 heterocycles. The minimum Gasteiger partial charge on any atom is -0.497 e. The van der Waals surface area contributed by atoms with Gasteiger partial charge in [-0.15, -0.1) is 11.6 Å². The van der Waals surface area contributed by atoms with Gasteiger partial charge in [-0.1, -0.05) is 6.07 Å². The first kappa shape index (κ1) is 10.3. The quantitative estimate of drug-likeness (QED) is 0.718. The van der Waals surface area contributed by atoms with Crippen molar-refractivity contribution in [1.82, 2.24) is 4.90 Å². The molecule has 0 saturated heterocycles. The van der Waals surface area contributed by atoms with E-state index in [9.17, 15) is 4.79 Å². The van der Waals surface area contributed by atoms with Crippen LogP contribution in [0.1, 0.15) is 11.1 Å². The fourth-order valence-electron chi connectivity index (χ4n) is 1.76. The standard InChI is InChI=1S/C11H12ClNO2/c1-15-10-3-2-8-6-13(11(14)5-12)7-9(8)4-10/h2-4H,5-7H2,1H3. The van der Waals surface area contributed by atoms with Gasteiger partial charge in [0.15, 0.2) is 0 Å². The number of nitrogens with zero attached hydrogens (tertiary/aromatic N) is 1. The molecular weight excluding hydrogens is 214 g/mol. The van der Waals surface area contributed by atoms with Crippen LogP contribution in [0.5, 0.6) is 5.75 Å². The lowest BCUT2D eigenvalue weighted by molar-refractivity contribution is -0.129. The van der Waals surface area contributed by atoms with E-state index in [2.05, 4.69) is 0 Å². The lowest BCUT2D eigenvalue weighted by atomic mass is 10.1. The van der Waals surface area contributed by atoms with E-state index >= 15 is 0 Å². The molecule has 0 atom stereocenters. The van der Waals surface area contributed by atoms with Gasteiger partial charge in [-0.2, -0.15) is 0 Å². The SMILES string of the molecule is COc1ccc2c(c1)CN(C(=O)CCl)C2. The summed E-state index contributed by atoms with van der Waals surface area (Å²) in [4.78, 5) is 13.1. The van der Waals surface area contributed by atoms with Crippen LogP contribution in [0.3, 0.4) is 0 Å². The molecule has 0 fully saturated rings. The smallest absolute Gasteiger partial charge is 0.238 e. The second-order valence-electron chi connectivity index (χ2n) is 3.52. The van der Waals surface area contributed by atoms with Crippen LogP contribution in [0.4, 0.5) is 0 Å². The Balaban J connectivity index is 2.20. The molecule has 1 amide bonds. The third kappa shape index (κ3) is 1.92. The number of carbonyl (C=O) groups is 1.